The molecular weight excluding hydrogens is 282 g/mol. The lowest BCUT2D eigenvalue weighted by molar-refractivity contribution is 0.451. The highest BCUT2D eigenvalue weighted by Gasteiger charge is 2.20. The van der Waals surface area contributed by atoms with E-state index in [-0.39, 0.29) is 5.75 Å². The van der Waals surface area contributed by atoms with E-state index >= 15 is 0 Å². The topological polar surface area (TPSA) is 37.4 Å². The molecule has 1 aromatic rings. The highest BCUT2D eigenvalue weighted by Crippen LogP contribution is 2.25. The van der Waals surface area contributed by atoms with E-state index in [2.05, 4.69) is 4.90 Å². The molecule has 106 valence electrons. The molecule has 1 aliphatic rings. The van der Waals surface area contributed by atoms with Gasteiger partial charge in [-0.05, 0) is 43.0 Å². The van der Waals surface area contributed by atoms with Crippen molar-refractivity contribution in [3.05, 3.63) is 24.3 Å². The molecular formula is C14H20ClNO2S. The van der Waals surface area contributed by atoms with E-state index in [0.717, 1.165) is 25.2 Å². The van der Waals surface area contributed by atoms with Crippen LogP contribution in [0.4, 0.5) is 5.69 Å². The van der Waals surface area contributed by atoms with Gasteiger partial charge in [0.1, 0.15) is 0 Å². The van der Waals surface area contributed by atoms with E-state index in [9.17, 15) is 8.42 Å². The Morgan fingerprint density at radius 1 is 1.32 bits per heavy atom. The number of nitrogens with zero attached hydrogens (tertiary/aromatic N) is 1. The van der Waals surface area contributed by atoms with Crippen molar-refractivity contribution in [2.24, 2.45) is 5.92 Å². The Kier molecular flexibility index (Phi) is 4.74. The molecule has 1 saturated heterocycles. The Hall–Kier alpha value is -0.740. The molecule has 0 saturated carbocycles. The summed E-state index contributed by atoms with van der Waals surface area (Å²) in [4.78, 5) is 2.70. The fraction of sp³-hybridized carbons (Fsp3) is 0.571. The number of benzene rings is 1. The lowest BCUT2D eigenvalue weighted by atomic mass is 9.99. The van der Waals surface area contributed by atoms with E-state index in [1.165, 1.54) is 6.42 Å². The summed E-state index contributed by atoms with van der Waals surface area (Å²) < 4.78 is 23.5. The predicted molar refractivity (Wildman–Crippen MR) is 79.8 cm³/mol. The number of halogens is 1. The molecule has 0 amide bonds. The first kappa shape index (κ1) is 14.7. The van der Waals surface area contributed by atoms with Gasteiger partial charge in [-0.3, -0.25) is 0 Å². The van der Waals surface area contributed by atoms with Crippen LogP contribution < -0.4 is 4.90 Å². The monoisotopic (exact) mass is 301 g/mol. The SMILES string of the molecule is CCS(=O)(=O)c1ccc(N2CCCC(CCl)C2)cc1. The van der Waals surface area contributed by atoms with E-state index < -0.39 is 9.84 Å². The van der Waals surface area contributed by atoms with Crippen LogP contribution in [0.1, 0.15) is 19.8 Å². The zero-order valence-corrected chi connectivity index (χ0v) is 12.8. The van der Waals surface area contributed by atoms with Gasteiger partial charge in [0, 0.05) is 24.7 Å². The molecule has 1 fully saturated rings. The van der Waals surface area contributed by atoms with Crippen LogP contribution in [0.15, 0.2) is 29.2 Å². The second-order valence-electron chi connectivity index (χ2n) is 5.01. The second kappa shape index (κ2) is 6.14. The summed E-state index contributed by atoms with van der Waals surface area (Å²) in [6.45, 7) is 3.65. The van der Waals surface area contributed by atoms with Crippen LogP contribution in [0.5, 0.6) is 0 Å². The average Bonchev–Trinajstić information content (AvgIpc) is 2.47. The molecule has 1 heterocycles. The Labute approximate surface area is 120 Å². The Bertz CT molecular complexity index is 513. The maximum Gasteiger partial charge on any atom is 0.178 e. The number of alkyl halides is 1. The average molecular weight is 302 g/mol. The number of rotatable bonds is 4. The highest BCUT2D eigenvalue weighted by atomic mass is 35.5. The number of sulfone groups is 1. The molecule has 0 N–H and O–H groups in total. The third-order valence-electron chi connectivity index (χ3n) is 3.68. The summed E-state index contributed by atoms with van der Waals surface area (Å²) in [7, 11) is -3.10. The van der Waals surface area contributed by atoms with Crippen LogP contribution in [-0.4, -0.2) is 33.1 Å². The summed E-state index contributed by atoms with van der Waals surface area (Å²) in [5.41, 5.74) is 1.09. The molecule has 3 nitrogen and oxygen atoms in total. The van der Waals surface area contributed by atoms with Crippen LogP contribution in [0, 0.1) is 5.92 Å². The lowest BCUT2D eigenvalue weighted by Gasteiger charge is -2.33. The van der Waals surface area contributed by atoms with Crippen molar-refractivity contribution in [1.29, 1.82) is 0 Å². The van der Waals surface area contributed by atoms with E-state index in [1.807, 2.05) is 12.1 Å². The quantitative estimate of drug-likeness (QED) is 0.803. The molecule has 1 aromatic carbocycles. The summed E-state index contributed by atoms with van der Waals surface area (Å²) in [5, 5.41) is 0. The third kappa shape index (κ3) is 3.42. The lowest BCUT2D eigenvalue weighted by Crippen LogP contribution is -2.36. The normalized spacial score (nSPS) is 20.5. The summed E-state index contributed by atoms with van der Waals surface area (Å²) in [5.74, 6) is 1.37. The minimum absolute atomic E-state index is 0.143. The van der Waals surface area contributed by atoms with Crippen molar-refractivity contribution in [3.8, 4) is 0 Å². The standard InChI is InChI=1S/C14H20ClNO2S/c1-2-19(17,18)14-7-5-13(6-8-14)16-9-3-4-12(10-15)11-16/h5-8,12H,2-4,9-11H2,1H3. The van der Waals surface area contributed by atoms with Gasteiger partial charge in [0.15, 0.2) is 9.84 Å². The first-order chi connectivity index (χ1) is 9.06. The molecule has 19 heavy (non-hydrogen) atoms. The predicted octanol–water partition coefficient (Wildman–Crippen LogP) is 2.94. The molecule has 1 atom stereocenters. The molecule has 1 unspecified atom stereocenters. The van der Waals surface area contributed by atoms with Crippen LogP contribution in [0.2, 0.25) is 0 Å². The van der Waals surface area contributed by atoms with Gasteiger partial charge in [-0.2, -0.15) is 0 Å². The fourth-order valence-electron chi connectivity index (χ4n) is 2.46. The second-order valence-corrected chi connectivity index (χ2v) is 7.59. The number of anilines is 1. The smallest absolute Gasteiger partial charge is 0.178 e. The maximum atomic E-state index is 11.8. The zero-order chi connectivity index (χ0) is 13.9. The fourth-order valence-corrected chi connectivity index (χ4v) is 3.59. The van der Waals surface area contributed by atoms with Gasteiger partial charge in [0.05, 0.1) is 10.6 Å². The van der Waals surface area contributed by atoms with Gasteiger partial charge in [-0.15, -0.1) is 11.6 Å². The number of hydrogen-bond acceptors (Lipinski definition) is 3. The van der Waals surface area contributed by atoms with Crippen LogP contribution in [0.25, 0.3) is 0 Å². The zero-order valence-electron chi connectivity index (χ0n) is 11.2. The molecule has 5 heteroatoms. The number of hydrogen-bond donors (Lipinski definition) is 0. The molecule has 0 aromatic heterocycles. The van der Waals surface area contributed by atoms with Gasteiger partial charge in [-0.25, -0.2) is 8.42 Å². The molecule has 0 aliphatic carbocycles. The summed E-state index contributed by atoms with van der Waals surface area (Å²) in [6, 6.07) is 7.22. The highest BCUT2D eigenvalue weighted by molar-refractivity contribution is 7.91. The van der Waals surface area contributed by atoms with Gasteiger partial charge < -0.3 is 4.90 Å². The van der Waals surface area contributed by atoms with Crippen molar-refractivity contribution < 1.29 is 8.42 Å². The van der Waals surface area contributed by atoms with Crippen LogP contribution in [0.3, 0.4) is 0 Å². The van der Waals surface area contributed by atoms with E-state index in [0.29, 0.717) is 16.7 Å². The van der Waals surface area contributed by atoms with Crippen molar-refractivity contribution in [3.63, 3.8) is 0 Å². The molecule has 0 bridgehead atoms. The van der Waals surface area contributed by atoms with Crippen molar-refractivity contribution >= 4 is 27.1 Å². The first-order valence-corrected chi connectivity index (χ1v) is 8.89. The Balaban J connectivity index is 2.14. The van der Waals surface area contributed by atoms with Crippen molar-refractivity contribution in [2.45, 2.75) is 24.7 Å². The minimum Gasteiger partial charge on any atom is -0.371 e. The third-order valence-corrected chi connectivity index (χ3v) is 5.87. The Morgan fingerprint density at radius 2 is 2.00 bits per heavy atom. The number of piperidine rings is 1. The molecule has 0 spiro atoms. The van der Waals surface area contributed by atoms with Crippen molar-refractivity contribution in [2.75, 3.05) is 29.6 Å². The largest absolute Gasteiger partial charge is 0.371 e. The van der Waals surface area contributed by atoms with E-state index in [1.54, 1.807) is 19.1 Å². The first-order valence-electron chi connectivity index (χ1n) is 6.70. The van der Waals surface area contributed by atoms with Gasteiger partial charge in [0.25, 0.3) is 0 Å². The van der Waals surface area contributed by atoms with Crippen LogP contribution >= 0.6 is 11.6 Å². The summed E-state index contributed by atoms with van der Waals surface area (Å²) in [6.07, 6.45) is 2.33. The van der Waals surface area contributed by atoms with Gasteiger partial charge in [-0.1, -0.05) is 6.92 Å². The molecule has 0 radical (unpaired) electrons. The summed E-state index contributed by atoms with van der Waals surface area (Å²) >= 11 is 5.93. The van der Waals surface area contributed by atoms with Crippen molar-refractivity contribution in [1.82, 2.24) is 0 Å². The van der Waals surface area contributed by atoms with Gasteiger partial charge in [0.2, 0.25) is 0 Å². The van der Waals surface area contributed by atoms with Crippen LogP contribution in [-0.2, 0) is 9.84 Å². The Morgan fingerprint density at radius 3 is 2.58 bits per heavy atom. The van der Waals surface area contributed by atoms with Gasteiger partial charge >= 0.3 is 0 Å². The maximum absolute atomic E-state index is 11.8. The molecule has 1 aliphatic heterocycles. The minimum atomic E-state index is -3.10. The van der Waals surface area contributed by atoms with E-state index in [4.69, 9.17) is 11.6 Å². The molecule has 2 rings (SSSR count).